The summed E-state index contributed by atoms with van der Waals surface area (Å²) in [5.41, 5.74) is 1.24. The Hall–Kier alpha value is -0.300. The molecule has 0 fully saturated rings. The van der Waals surface area contributed by atoms with Gasteiger partial charge < -0.3 is 10.6 Å². The molecule has 3 nitrogen and oxygen atoms in total. The molecule has 0 aromatic heterocycles. The van der Waals surface area contributed by atoms with Crippen molar-refractivity contribution in [2.45, 2.75) is 32.9 Å². The molecule has 0 saturated carbocycles. The van der Waals surface area contributed by atoms with Crippen LogP contribution >= 0.6 is 39.9 Å². The van der Waals surface area contributed by atoms with Gasteiger partial charge in [-0.05, 0) is 38.5 Å². The van der Waals surface area contributed by atoms with Gasteiger partial charge in [0.2, 0.25) is 0 Å². The van der Waals surface area contributed by atoms with Crippen molar-refractivity contribution in [2.75, 3.05) is 7.05 Å². The maximum atomic E-state index is 4.19. The summed E-state index contributed by atoms with van der Waals surface area (Å²) >= 11 is 3.42. The van der Waals surface area contributed by atoms with Gasteiger partial charge in [-0.1, -0.05) is 28.1 Å². The Kier molecular flexibility index (Phi) is 7.86. The van der Waals surface area contributed by atoms with E-state index in [9.17, 15) is 0 Å². The Morgan fingerprint density at radius 2 is 1.78 bits per heavy atom. The quantitative estimate of drug-likeness (QED) is 0.432. The molecular weight excluding hydrogens is 405 g/mol. The minimum atomic E-state index is 0. The SMILES string of the molecule is CN=C(NCc1ccc(Br)cc1)NC(C)(C)C.I. The molecular formula is C13H21BrIN3. The number of nitrogens with one attached hydrogen (secondary N) is 2. The van der Waals surface area contributed by atoms with Gasteiger partial charge in [0.15, 0.2) is 5.96 Å². The second-order valence-electron chi connectivity index (χ2n) is 4.93. The topological polar surface area (TPSA) is 36.4 Å². The Balaban J connectivity index is 0.00000289. The van der Waals surface area contributed by atoms with Gasteiger partial charge in [0.1, 0.15) is 0 Å². The van der Waals surface area contributed by atoms with Crippen LogP contribution in [0.15, 0.2) is 33.7 Å². The molecule has 0 saturated heterocycles. The van der Waals surface area contributed by atoms with Crippen molar-refractivity contribution in [3.05, 3.63) is 34.3 Å². The predicted molar refractivity (Wildman–Crippen MR) is 92.6 cm³/mol. The van der Waals surface area contributed by atoms with E-state index in [2.05, 4.69) is 64.5 Å². The van der Waals surface area contributed by atoms with Crippen LogP contribution in [0.2, 0.25) is 0 Å². The van der Waals surface area contributed by atoms with E-state index in [4.69, 9.17) is 0 Å². The molecule has 0 amide bonds. The molecule has 1 aromatic rings. The summed E-state index contributed by atoms with van der Waals surface area (Å²) in [6.45, 7) is 7.10. The van der Waals surface area contributed by atoms with Crippen LogP contribution < -0.4 is 10.6 Å². The fourth-order valence-electron chi connectivity index (χ4n) is 1.32. The fourth-order valence-corrected chi connectivity index (χ4v) is 1.59. The monoisotopic (exact) mass is 425 g/mol. The third-order valence-electron chi connectivity index (χ3n) is 2.09. The number of halogens is 2. The largest absolute Gasteiger partial charge is 0.352 e. The van der Waals surface area contributed by atoms with Crippen LogP contribution in [-0.4, -0.2) is 18.5 Å². The summed E-state index contributed by atoms with van der Waals surface area (Å²) in [5.74, 6) is 0.820. The summed E-state index contributed by atoms with van der Waals surface area (Å²) in [4.78, 5) is 4.19. The van der Waals surface area contributed by atoms with Crippen molar-refractivity contribution >= 4 is 45.9 Å². The molecule has 1 aromatic carbocycles. The highest BCUT2D eigenvalue weighted by Crippen LogP contribution is 2.10. The second-order valence-corrected chi connectivity index (χ2v) is 5.84. The number of hydrogen-bond donors (Lipinski definition) is 2. The first-order chi connectivity index (χ1) is 7.90. The van der Waals surface area contributed by atoms with Crippen LogP contribution in [0.4, 0.5) is 0 Å². The normalized spacial score (nSPS) is 11.7. The highest BCUT2D eigenvalue weighted by atomic mass is 127. The highest BCUT2D eigenvalue weighted by molar-refractivity contribution is 14.0. The van der Waals surface area contributed by atoms with Crippen molar-refractivity contribution in [3.63, 3.8) is 0 Å². The van der Waals surface area contributed by atoms with Crippen LogP contribution in [0.5, 0.6) is 0 Å². The van der Waals surface area contributed by atoms with Crippen molar-refractivity contribution in [1.29, 1.82) is 0 Å². The predicted octanol–water partition coefficient (Wildman–Crippen LogP) is 3.53. The average Bonchev–Trinajstić information content (AvgIpc) is 2.25. The van der Waals surface area contributed by atoms with E-state index < -0.39 is 0 Å². The van der Waals surface area contributed by atoms with Gasteiger partial charge in [-0.3, -0.25) is 4.99 Å². The maximum absolute atomic E-state index is 4.19. The molecule has 1 rings (SSSR count). The smallest absolute Gasteiger partial charge is 0.191 e. The zero-order chi connectivity index (χ0) is 12.9. The number of hydrogen-bond acceptors (Lipinski definition) is 1. The van der Waals surface area contributed by atoms with Crippen LogP contribution in [0.25, 0.3) is 0 Å². The van der Waals surface area contributed by atoms with Gasteiger partial charge in [0.25, 0.3) is 0 Å². The zero-order valence-corrected chi connectivity index (χ0v) is 15.2. The van der Waals surface area contributed by atoms with Gasteiger partial charge >= 0.3 is 0 Å². The van der Waals surface area contributed by atoms with E-state index in [0.717, 1.165) is 17.0 Å². The molecule has 18 heavy (non-hydrogen) atoms. The first-order valence-corrected chi connectivity index (χ1v) is 6.43. The fraction of sp³-hybridized carbons (Fsp3) is 0.462. The lowest BCUT2D eigenvalue weighted by Gasteiger charge is -2.23. The molecule has 0 unspecified atom stereocenters. The molecule has 0 atom stereocenters. The molecule has 0 bridgehead atoms. The summed E-state index contributed by atoms with van der Waals surface area (Å²) in [7, 11) is 1.78. The standard InChI is InChI=1S/C13H20BrN3.HI/c1-13(2,3)17-12(15-4)16-9-10-5-7-11(14)8-6-10;/h5-8H,9H2,1-4H3,(H2,15,16,17);1H. The molecule has 0 aliphatic heterocycles. The third-order valence-corrected chi connectivity index (χ3v) is 2.62. The Bertz CT molecular complexity index is 382. The highest BCUT2D eigenvalue weighted by Gasteiger charge is 2.11. The molecule has 0 heterocycles. The van der Waals surface area contributed by atoms with E-state index >= 15 is 0 Å². The lowest BCUT2D eigenvalue weighted by molar-refractivity contribution is 0.501. The molecule has 0 spiro atoms. The first-order valence-electron chi connectivity index (χ1n) is 5.64. The van der Waals surface area contributed by atoms with E-state index in [1.54, 1.807) is 7.05 Å². The average molecular weight is 426 g/mol. The van der Waals surface area contributed by atoms with Crippen molar-refractivity contribution < 1.29 is 0 Å². The second kappa shape index (κ2) is 7.99. The van der Waals surface area contributed by atoms with Crippen molar-refractivity contribution in [1.82, 2.24) is 10.6 Å². The summed E-state index contributed by atoms with van der Waals surface area (Å²) in [6.07, 6.45) is 0. The minimum Gasteiger partial charge on any atom is -0.352 e. The molecule has 5 heteroatoms. The van der Waals surface area contributed by atoms with Crippen LogP contribution in [0, 0.1) is 0 Å². The van der Waals surface area contributed by atoms with Gasteiger partial charge in [-0.25, -0.2) is 0 Å². The summed E-state index contributed by atoms with van der Waals surface area (Å²) in [6, 6.07) is 8.25. The number of rotatable bonds is 2. The van der Waals surface area contributed by atoms with E-state index in [1.807, 2.05) is 12.1 Å². The summed E-state index contributed by atoms with van der Waals surface area (Å²) < 4.78 is 1.10. The lowest BCUT2D eigenvalue weighted by Crippen LogP contribution is -2.47. The Labute approximate surface area is 135 Å². The molecule has 0 aliphatic rings. The maximum Gasteiger partial charge on any atom is 0.191 e. The third kappa shape index (κ3) is 7.20. The Morgan fingerprint density at radius 3 is 2.22 bits per heavy atom. The van der Waals surface area contributed by atoms with Gasteiger partial charge in [-0.2, -0.15) is 0 Å². The molecule has 0 radical (unpaired) electrons. The first kappa shape index (κ1) is 17.7. The number of benzene rings is 1. The van der Waals surface area contributed by atoms with Gasteiger partial charge in [0.05, 0.1) is 0 Å². The van der Waals surface area contributed by atoms with E-state index in [1.165, 1.54) is 5.56 Å². The van der Waals surface area contributed by atoms with Crippen LogP contribution in [-0.2, 0) is 6.54 Å². The zero-order valence-electron chi connectivity index (χ0n) is 11.2. The number of aliphatic imine (C=N–C) groups is 1. The van der Waals surface area contributed by atoms with E-state index in [0.29, 0.717) is 0 Å². The van der Waals surface area contributed by atoms with Crippen molar-refractivity contribution in [3.8, 4) is 0 Å². The van der Waals surface area contributed by atoms with Crippen LogP contribution in [0.3, 0.4) is 0 Å². The van der Waals surface area contributed by atoms with Crippen LogP contribution in [0.1, 0.15) is 26.3 Å². The summed E-state index contributed by atoms with van der Waals surface area (Å²) in [5, 5.41) is 6.60. The number of guanidine groups is 1. The van der Waals surface area contributed by atoms with Crippen molar-refractivity contribution in [2.24, 2.45) is 4.99 Å². The van der Waals surface area contributed by atoms with Gasteiger partial charge in [-0.15, -0.1) is 24.0 Å². The lowest BCUT2D eigenvalue weighted by atomic mass is 10.1. The number of nitrogens with zero attached hydrogens (tertiary/aromatic N) is 1. The minimum absolute atomic E-state index is 0. The molecule has 102 valence electrons. The van der Waals surface area contributed by atoms with Gasteiger partial charge in [0, 0.05) is 23.6 Å². The van der Waals surface area contributed by atoms with E-state index in [-0.39, 0.29) is 29.5 Å². The Morgan fingerprint density at radius 1 is 1.22 bits per heavy atom. The molecule has 2 N–H and O–H groups in total. The molecule has 0 aliphatic carbocycles.